The predicted octanol–water partition coefficient (Wildman–Crippen LogP) is 2.65. The first-order chi connectivity index (χ1) is 6.36. The van der Waals surface area contributed by atoms with Crippen molar-refractivity contribution in [1.82, 2.24) is 5.43 Å². The molecule has 2 nitrogen and oxygen atoms in total. The van der Waals surface area contributed by atoms with E-state index in [1.165, 1.54) is 10.5 Å². The molecule has 0 aliphatic carbocycles. The van der Waals surface area contributed by atoms with Crippen molar-refractivity contribution in [2.24, 2.45) is 5.10 Å². The van der Waals surface area contributed by atoms with Crippen LogP contribution in [0.25, 0.3) is 0 Å². The number of rotatable bonds is 1. The van der Waals surface area contributed by atoms with Crippen molar-refractivity contribution >= 4 is 27.9 Å². The maximum absolute atomic E-state index is 4.16. The van der Waals surface area contributed by atoms with Crippen molar-refractivity contribution in [3.8, 4) is 0 Å². The third-order valence-corrected chi connectivity index (χ3v) is 3.88. The van der Waals surface area contributed by atoms with Crippen LogP contribution in [0, 0.1) is 6.92 Å². The van der Waals surface area contributed by atoms with E-state index >= 15 is 0 Å². The van der Waals surface area contributed by atoms with Gasteiger partial charge in [-0.15, -0.1) is 0 Å². The van der Waals surface area contributed by atoms with E-state index in [0.717, 1.165) is 10.3 Å². The van der Waals surface area contributed by atoms with E-state index < -0.39 is 0 Å². The molecule has 1 aromatic rings. The number of benzene rings is 1. The molecule has 0 unspecified atom stereocenters. The normalized spacial score (nSPS) is 15.3. The molecule has 1 N–H and O–H groups in total. The van der Waals surface area contributed by atoms with Gasteiger partial charge in [-0.1, -0.05) is 41.7 Å². The molecule has 0 radical (unpaired) electrons. The van der Waals surface area contributed by atoms with Crippen LogP contribution in [0.5, 0.6) is 0 Å². The van der Waals surface area contributed by atoms with Crippen molar-refractivity contribution in [3.63, 3.8) is 0 Å². The van der Waals surface area contributed by atoms with Gasteiger partial charge in [0.05, 0.1) is 5.88 Å². The van der Waals surface area contributed by atoms with E-state index in [1.54, 1.807) is 23.5 Å². The Morgan fingerprint density at radius 1 is 1.46 bits per heavy atom. The lowest BCUT2D eigenvalue weighted by molar-refractivity contribution is 0.895. The van der Waals surface area contributed by atoms with E-state index in [-0.39, 0.29) is 0 Å². The van der Waals surface area contributed by atoms with Crippen LogP contribution in [0.2, 0.25) is 0 Å². The van der Waals surface area contributed by atoms with Crippen LogP contribution in [0.4, 0.5) is 0 Å². The van der Waals surface area contributed by atoms with Gasteiger partial charge in [-0.3, -0.25) is 5.43 Å². The summed E-state index contributed by atoms with van der Waals surface area (Å²) in [5.74, 6) is 0.897. The summed E-state index contributed by atoms with van der Waals surface area (Å²) in [7, 11) is 0. The number of thioether (sulfide) groups is 2. The molecular formula is C9H10N2S2. The third kappa shape index (κ3) is 2.19. The minimum atomic E-state index is 0.897. The Hall–Kier alpha value is -0.610. The summed E-state index contributed by atoms with van der Waals surface area (Å²) in [6.07, 6.45) is 0. The van der Waals surface area contributed by atoms with E-state index in [1.807, 2.05) is 0 Å². The molecule has 1 aliphatic heterocycles. The van der Waals surface area contributed by atoms with Crippen LogP contribution >= 0.6 is 23.5 Å². The van der Waals surface area contributed by atoms with Crippen molar-refractivity contribution in [1.29, 1.82) is 0 Å². The number of aryl methyl sites for hydroxylation is 1. The first-order valence-corrected chi connectivity index (χ1v) is 5.83. The highest BCUT2D eigenvalue weighted by Crippen LogP contribution is 2.29. The molecule has 1 aliphatic rings. The molecule has 0 spiro atoms. The van der Waals surface area contributed by atoms with Crippen LogP contribution in [-0.4, -0.2) is 10.3 Å². The minimum absolute atomic E-state index is 0.897. The molecule has 1 aromatic carbocycles. The molecule has 68 valence electrons. The molecule has 2 rings (SSSR count). The highest BCUT2D eigenvalue weighted by Gasteiger charge is 2.09. The Bertz CT molecular complexity index is 336. The van der Waals surface area contributed by atoms with Gasteiger partial charge >= 0.3 is 0 Å². The Morgan fingerprint density at radius 3 is 3.00 bits per heavy atom. The first kappa shape index (κ1) is 8.97. The van der Waals surface area contributed by atoms with E-state index in [4.69, 9.17) is 0 Å². The molecule has 1 heterocycles. The average molecular weight is 210 g/mol. The summed E-state index contributed by atoms with van der Waals surface area (Å²) in [6, 6.07) is 8.36. The molecule has 13 heavy (non-hydrogen) atoms. The van der Waals surface area contributed by atoms with Crippen molar-refractivity contribution < 1.29 is 0 Å². The highest BCUT2D eigenvalue weighted by atomic mass is 32.2. The van der Waals surface area contributed by atoms with Crippen molar-refractivity contribution in [3.05, 3.63) is 29.8 Å². The van der Waals surface area contributed by atoms with E-state index in [0.29, 0.717) is 0 Å². The second-order valence-electron chi connectivity index (χ2n) is 2.69. The summed E-state index contributed by atoms with van der Waals surface area (Å²) in [6.45, 7) is 2.12. The Balaban J connectivity index is 2.13. The monoisotopic (exact) mass is 210 g/mol. The zero-order chi connectivity index (χ0) is 9.10. The summed E-state index contributed by atoms with van der Waals surface area (Å²) < 4.78 is 1.11. The van der Waals surface area contributed by atoms with Gasteiger partial charge in [0.25, 0.3) is 0 Å². The molecule has 4 heteroatoms. The van der Waals surface area contributed by atoms with Gasteiger partial charge < -0.3 is 0 Å². The Kier molecular flexibility index (Phi) is 2.80. The molecule has 0 bridgehead atoms. The summed E-state index contributed by atoms with van der Waals surface area (Å²) in [4.78, 5) is 1.29. The summed E-state index contributed by atoms with van der Waals surface area (Å²) in [5.41, 5.74) is 4.25. The maximum atomic E-state index is 4.16. The average Bonchev–Trinajstić information content (AvgIpc) is 2.61. The van der Waals surface area contributed by atoms with Crippen LogP contribution in [0.15, 0.2) is 34.3 Å². The lowest BCUT2D eigenvalue weighted by Gasteiger charge is -2.02. The minimum Gasteiger partial charge on any atom is -0.298 e. The molecular weight excluding hydrogens is 200 g/mol. The van der Waals surface area contributed by atoms with Crippen molar-refractivity contribution in [2.75, 3.05) is 5.88 Å². The molecule has 0 saturated heterocycles. The summed E-state index contributed by atoms with van der Waals surface area (Å²) in [5, 5.41) is 4.16. The molecule has 0 amide bonds. The number of nitrogens with one attached hydrogen (secondary N) is 1. The zero-order valence-corrected chi connectivity index (χ0v) is 8.91. The SMILES string of the molecule is Cc1ccccc1SC1=NNCS1. The van der Waals surface area contributed by atoms with Gasteiger partial charge in [-0.25, -0.2) is 0 Å². The second kappa shape index (κ2) is 4.07. The smallest absolute Gasteiger partial charge is 0.156 e. The Labute approximate surface area is 86.2 Å². The number of hydrogen-bond acceptors (Lipinski definition) is 4. The lowest BCUT2D eigenvalue weighted by atomic mass is 10.2. The molecule has 0 saturated carbocycles. The van der Waals surface area contributed by atoms with Crippen LogP contribution in [0.1, 0.15) is 5.56 Å². The lowest BCUT2D eigenvalue weighted by Crippen LogP contribution is -1.93. The highest BCUT2D eigenvalue weighted by molar-refractivity contribution is 8.39. The summed E-state index contributed by atoms with van der Waals surface area (Å²) >= 11 is 3.48. The number of hydrazone groups is 1. The standard InChI is InChI=1S/C9H10N2S2/c1-7-4-2-3-5-8(7)13-9-11-10-6-12-9/h2-5,10H,6H2,1H3. The third-order valence-electron chi connectivity index (χ3n) is 1.72. The zero-order valence-electron chi connectivity index (χ0n) is 7.28. The maximum Gasteiger partial charge on any atom is 0.156 e. The number of nitrogens with zero attached hydrogens (tertiary/aromatic N) is 1. The topological polar surface area (TPSA) is 24.4 Å². The fourth-order valence-corrected chi connectivity index (χ4v) is 2.78. The largest absolute Gasteiger partial charge is 0.298 e. The first-order valence-electron chi connectivity index (χ1n) is 4.03. The second-order valence-corrected chi connectivity index (χ2v) is 4.95. The molecule has 0 aromatic heterocycles. The molecule has 0 atom stereocenters. The van der Waals surface area contributed by atoms with Crippen LogP contribution in [-0.2, 0) is 0 Å². The van der Waals surface area contributed by atoms with E-state index in [2.05, 4.69) is 41.7 Å². The van der Waals surface area contributed by atoms with Crippen LogP contribution in [0.3, 0.4) is 0 Å². The molecule has 0 fully saturated rings. The van der Waals surface area contributed by atoms with Gasteiger partial charge in [0.15, 0.2) is 4.38 Å². The fraction of sp³-hybridized carbons (Fsp3) is 0.222. The number of hydrogen-bond donors (Lipinski definition) is 1. The quantitative estimate of drug-likeness (QED) is 0.771. The van der Waals surface area contributed by atoms with Gasteiger partial charge in [0.2, 0.25) is 0 Å². The Morgan fingerprint density at radius 2 is 2.31 bits per heavy atom. The van der Waals surface area contributed by atoms with Crippen LogP contribution < -0.4 is 5.43 Å². The van der Waals surface area contributed by atoms with E-state index in [9.17, 15) is 0 Å². The van der Waals surface area contributed by atoms with Gasteiger partial charge in [-0.2, -0.15) is 5.10 Å². The van der Waals surface area contributed by atoms with Gasteiger partial charge in [0, 0.05) is 4.90 Å². The van der Waals surface area contributed by atoms with Gasteiger partial charge in [0.1, 0.15) is 0 Å². The van der Waals surface area contributed by atoms with Crippen molar-refractivity contribution in [2.45, 2.75) is 11.8 Å². The predicted molar refractivity (Wildman–Crippen MR) is 60.1 cm³/mol. The fourth-order valence-electron chi connectivity index (χ4n) is 1.04. The van der Waals surface area contributed by atoms with Gasteiger partial charge in [-0.05, 0) is 18.6 Å².